The number of nitrogens with one attached hydrogen (secondary N) is 1. The van der Waals surface area contributed by atoms with Crippen LogP contribution in [0, 0.1) is 0 Å². The first-order valence-electron chi connectivity index (χ1n) is 10.2. The van der Waals surface area contributed by atoms with Crippen molar-refractivity contribution in [3.05, 3.63) is 48.0 Å². The summed E-state index contributed by atoms with van der Waals surface area (Å²) in [6.45, 7) is 6.79. The molecule has 29 heavy (non-hydrogen) atoms. The Morgan fingerprint density at radius 3 is 2.48 bits per heavy atom. The number of ether oxygens (including phenoxy) is 3. The molecule has 156 valence electrons. The molecule has 2 aromatic carbocycles. The molecule has 1 aliphatic rings. The van der Waals surface area contributed by atoms with Gasteiger partial charge in [-0.15, -0.1) is 0 Å². The number of carbonyl (C=O) groups excluding carboxylic acids is 1. The minimum Gasteiger partial charge on any atom is -0.490 e. The third kappa shape index (κ3) is 5.41. The molecule has 6 nitrogen and oxygen atoms in total. The second kappa shape index (κ2) is 10.2. The molecule has 1 aliphatic heterocycles. The van der Waals surface area contributed by atoms with Gasteiger partial charge in [0.25, 0.3) is 5.91 Å². The predicted molar refractivity (Wildman–Crippen MR) is 115 cm³/mol. The largest absolute Gasteiger partial charge is 0.490 e. The van der Waals surface area contributed by atoms with Crippen LogP contribution < -0.4 is 19.7 Å². The van der Waals surface area contributed by atoms with Crippen molar-refractivity contribution >= 4 is 17.3 Å². The average molecular weight is 399 g/mol. The van der Waals surface area contributed by atoms with E-state index in [-0.39, 0.29) is 12.0 Å². The Labute approximate surface area is 172 Å². The molecule has 0 radical (unpaired) electrons. The third-order valence-corrected chi connectivity index (χ3v) is 5.01. The van der Waals surface area contributed by atoms with Crippen LogP contribution in [0.5, 0.6) is 11.5 Å². The zero-order valence-electron chi connectivity index (χ0n) is 17.4. The van der Waals surface area contributed by atoms with Gasteiger partial charge in [0.15, 0.2) is 11.5 Å². The minimum atomic E-state index is -0.181. The van der Waals surface area contributed by atoms with Crippen LogP contribution in [-0.2, 0) is 4.74 Å². The van der Waals surface area contributed by atoms with Crippen LogP contribution in [0.2, 0.25) is 0 Å². The number of hydrogen-bond donors (Lipinski definition) is 1. The van der Waals surface area contributed by atoms with Gasteiger partial charge < -0.3 is 24.4 Å². The first-order chi connectivity index (χ1) is 14.1. The summed E-state index contributed by atoms with van der Waals surface area (Å²) in [5.41, 5.74) is 2.43. The van der Waals surface area contributed by atoms with E-state index in [4.69, 9.17) is 14.2 Å². The smallest absolute Gasteiger partial charge is 0.255 e. The molecule has 1 saturated heterocycles. The van der Waals surface area contributed by atoms with Crippen LogP contribution in [0.3, 0.4) is 0 Å². The van der Waals surface area contributed by atoms with Gasteiger partial charge in [0.1, 0.15) is 0 Å². The zero-order valence-corrected chi connectivity index (χ0v) is 17.4. The molecule has 1 N–H and O–H groups in total. The highest BCUT2D eigenvalue weighted by Gasteiger charge is 2.19. The fraction of sp³-hybridized carbons (Fsp3) is 0.435. The maximum absolute atomic E-state index is 12.7. The van der Waals surface area contributed by atoms with Crippen LogP contribution >= 0.6 is 0 Å². The van der Waals surface area contributed by atoms with Gasteiger partial charge >= 0.3 is 0 Å². The lowest BCUT2D eigenvalue weighted by Gasteiger charge is -2.33. The number of methoxy groups -OCH3 is 1. The number of hydrogen-bond acceptors (Lipinski definition) is 5. The Balaban J connectivity index is 1.67. The predicted octanol–water partition coefficient (Wildman–Crippen LogP) is 4.35. The number of piperidine rings is 1. The van der Waals surface area contributed by atoms with E-state index >= 15 is 0 Å². The Morgan fingerprint density at radius 2 is 1.79 bits per heavy atom. The summed E-state index contributed by atoms with van der Waals surface area (Å²) in [7, 11) is 1.77. The lowest BCUT2D eigenvalue weighted by atomic mass is 10.1. The van der Waals surface area contributed by atoms with Gasteiger partial charge in [-0.1, -0.05) is 0 Å². The monoisotopic (exact) mass is 398 g/mol. The molecule has 1 atom stereocenters. The molecular formula is C23H30N2O4. The van der Waals surface area contributed by atoms with E-state index in [1.807, 2.05) is 38.1 Å². The van der Waals surface area contributed by atoms with Crippen molar-refractivity contribution in [2.45, 2.75) is 32.8 Å². The maximum Gasteiger partial charge on any atom is 0.255 e. The van der Waals surface area contributed by atoms with Crippen molar-refractivity contribution < 1.29 is 19.0 Å². The van der Waals surface area contributed by atoms with E-state index in [1.54, 1.807) is 25.3 Å². The van der Waals surface area contributed by atoms with E-state index < -0.39 is 0 Å². The van der Waals surface area contributed by atoms with Crippen LogP contribution in [0.1, 0.15) is 37.0 Å². The maximum atomic E-state index is 12.7. The SMILES string of the molecule is CCOc1ccc(C(=O)Nc2ccc(N3CCCC(OC)C3)cc2)cc1OCC. The van der Waals surface area contributed by atoms with Crippen molar-refractivity contribution in [2.75, 3.05) is 43.6 Å². The summed E-state index contributed by atoms with van der Waals surface area (Å²) in [5.74, 6) is 1.04. The molecule has 0 saturated carbocycles. The van der Waals surface area contributed by atoms with Crippen LogP contribution in [0.15, 0.2) is 42.5 Å². The molecule has 3 rings (SSSR count). The molecule has 0 bridgehead atoms. The van der Waals surface area contributed by atoms with Gasteiger partial charge in [-0.3, -0.25) is 4.79 Å². The highest BCUT2D eigenvalue weighted by Crippen LogP contribution is 2.29. The quantitative estimate of drug-likeness (QED) is 0.716. The van der Waals surface area contributed by atoms with Crippen LogP contribution in [0.25, 0.3) is 0 Å². The third-order valence-electron chi connectivity index (χ3n) is 5.01. The summed E-state index contributed by atoms with van der Waals surface area (Å²) in [5, 5.41) is 2.95. The number of nitrogens with zero attached hydrogens (tertiary/aromatic N) is 1. The standard InChI is InChI=1S/C23H30N2O4/c1-4-28-21-13-8-17(15-22(21)29-5-2)23(26)24-18-9-11-19(12-10-18)25-14-6-7-20(16-25)27-3/h8-13,15,20H,4-7,14,16H2,1-3H3,(H,24,26). The van der Waals surface area contributed by atoms with E-state index in [1.165, 1.54) is 0 Å². The van der Waals surface area contributed by atoms with Crippen molar-refractivity contribution in [2.24, 2.45) is 0 Å². The van der Waals surface area contributed by atoms with Crippen LogP contribution in [0.4, 0.5) is 11.4 Å². The van der Waals surface area contributed by atoms with Crippen molar-refractivity contribution in [3.8, 4) is 11.5 Å². The highest BCUT2D eigenvalue weighted by molar-refractivity contribution is 6.04. The second-order valence-corrected chi connectivity index (χ2v) is 6.97. The fourth-order valence-corrected chi connectivity index (χ4v) is 3.52. The lowest BCUT2D eigenvalue weighted by Crippen LogP contribution is -2.39. The topological polar surface area (TPSA) is 60.0 Å². The Kier molecular flexibility index (Phi) is 7.36. The Bertz CT molecular complexity index is 807. The molecule has 1 unspecified atom stereocenters. The van der Waals surface area contributed by atoms with Crippen molar-refractivity contribution in [1.82, 2.24) is 0 Å². The molecule has 1 heterocycles. The van der Waals surface area contributed by atoms with Crippen molar-refractivity contribution in [3.63, 3.8) is 0 Å². The first kappa shape index (κ1) is 21.0. The lowest BCUT2D eigenvalue weighted by molar-refractivity contribution is 0.0893. The zero-order chi connectivity index (χ0) is 20.6. The number of amides is 1. The molecule has 2 aromatic rings. The highest BCUT2D eigenvalue weighted by atomic mass is 16.5. The van der Waals surface area contributed by atoms with E-state index in [2.05, 4.69) is 10.2 Å². The summed E-state index contributed by atoms with van der Waals surface area (Å²) in [6, 6.07) is 13.2. The average Bonchev–Trinajstić information content (AvgIpc) is 2.76. The molecule has 1 amide bonds. The van der Waals surface area contributed by atoms with Gasteiger partial charge in [-0.25, -0.2) is 0 Å². The van der Waals surface area contributed by atoms with Crippen molar-refractivity contribution in [1.29, 1.82) is 0 Å². The number of anilines is 2. The van der Waals surface area contributed by atoms with Gasteiger partial charge in [0, 0.05) is 37.1 Å². The minimum absolute atomic E-state index is 0.181. The number of rotatable bonds is 8. The Morgan fingerprint density at radius 1 is 1.07 bits per heavy atom. The molecular weight excluding hydrogens is 368 g/mol. The normalized spacial score (nSPS) is 16.4. The fourth-order valence-electron chi connectivity index (χ4n) is 3.52. The summed E-state index contributed by atoms with van der Waals surface area (Å²) < 4.78 is 16.7. The molecule has 0 aromatic heterocycles. The molecule has 6 heteroatoms. The van der Waals surface area contributed by atoms with Gasteiger partial charge in [-0.05, 0) is 69.2 Å². The Hall–Kier alpha value is -2.73. The number of carbonyl (C=O) groups is 1. The molecule has 0 aliphatic carbocycles. The van der Waals surface area contributed by atoms with E-state index in [0.717, 1.165) is 37.3 Å². The summed E-state index contributed by atoms with van der Waals surface area (Å²) in [6.07, 6.45) is 2.51. The van der Waals surface area contributed by atoms with E-state index in [9.17, 15) is 4.79 Å². The van der Waals surface area contributed by atoms with Gasteiger partial charge in [-0.2, -0.15) is 0 Å². The van der Waals surface area contributed by atoms with Gasteiger partial charge in [0.05, 0.1) is 19.3 Å². The van der Waals surface area contributed by atoms with Crippen LogP contribution in [-0.4, -0.2) is 45.4 Å². The second-order valence-electron chi connectivity index (χ2n) is 6.97. The molecule has 1 fully saturated rings. The summed E-state index contributed by atoms with van der Waals surface area (Å²) >= 11 is 0. The van der Waals surface area contributed by atoms with E-state index in [0.29, 0.717) is 30.3 Å². The van der Waals surface area contributed by atoms with Gasteiger partial charge in [0.2, 0.25) is 0 Å². The molecule has 0 spiro atoms. The summed E-state index contributed by atoms with van der Waals surface area (Å²) in [4.78, 5) is 15.0. The first-order valence-corrected chi connectivity index (χ1v) is 10.2. The number of benzene rings is 2.